The number of nitrogens with zero attached hydrogens (tertiary/aromatic N) is 1. The second-order valence-corrected chi connectivity index (χ2v) is 4.88. The summed E-state index contributed by atoms with van der Waals surface area (Å²) in [6.45, 7) is 2.53. The van der Waals surface area contributed by atoms with Crippen LogP contribution in [0.3, 0.4) is 0 Å². The highest BCUT2D eigenvalue weighted by atomic mass is 16.2. The molecule has 6 nitrogen and oxygen atoms in total. The third-order valence-electron chi connectivity index (χ3n) is 2.55. The zero-order valence-electron chi connectivity index (χ0n) is 12.1. The molecule has 0 bridgehead atoms. The van der Waals surface area contributed by atoms with Gasteiger partial charge in [0.15, 0.2) is 0 Å². The molecule has 0 aliphatic rings. The lowest BCUT2D eigenvalue weighted by atomic mass is 10.2. The molecule has 0 fully saturated rings. The Labute approximate surface area is 114 Å². The van der Waals surface area contributed by atoms with Crippen molar-refractivity contribution in [2.45, 2.75) is 38.6 Å². The standard InChI is InChI=1S/C13H25N3O3/c1-11(10-17)15-13(19)9-14-12(18)7-5-4-6-8-16(2)3/h10-11H,4-9H2,1-3H3,(H,14,18)(H,15,19)/t11-/m0/s1. The van der Waals surface area contributed by atoms with Crippen LogP contribution in [-0.4, -0.2) is 56.2 Å². The molecule has 6 heteroatoms. The van der Waals surface area contributed by atoms with Gasteiger partial charge in [-0.2, -0.15) is 0 Å². The van der Waals surface area contributed by atoms with Crippen molar-refractivity contribution in [3.8, 4) is 0 Å². The van der Waals surface area contributed by atoms with Crippen LogP contribution in [0.2, 0.25) is 0 Å². The van der Waals surface area contributed by atoms with Crippen molar-refractivity contribution in [2.75, 3.05) is 27.2 Å². The number of aldehydes is 1. The molecule has 0 aromatic carbocycles. The molecule has 1 atom stereocenters. The molecule has 2 N–H and O–H groups in total. The molecule has 0 unspecified atom stereocenters. The fourth-order valence-electron chi connectivity index (χ4n) is 1.50. The molecule has 0 saturated carbocycles. The molecule has 0 radical (unpaired) electrons. The Morgan fingerprint density at radius 1 is 1.16 bits per heavy atom. The number of hydrogen-bond acceptors (Lipinski definition) is 4. The molecule has 0 spiro atoms. The average molecular weight is 271 g/mol. The molecule has 110 valence electrons. The lowest BCUT2D eigenvalue weighted by Gasteiger charge is -2.09. The van der Waals surface area contributed by atoms with Crippen molar-refractivity contribution < 1.29 is 14.4 Å². The van der Waals surface area contributed by atoms with Crippen LogP contribution in [0.4, 0.5) is 0 Å². The molecular weight excluding hydrogens is 246 g/mol. The molecule has 0 aromatic rings. The monoisotopic (exact) mass is 271 g/mol. The highest BCUT2D eigenvalue weighted by molar-refractivity contribution is 5.86. The minimum Gasteiger partial charge on any atom is -0.347 e. The van der Waals surface area contributed by atoms with Gasteiger partial charge in [0.05, 0.1) is 12.6 Å². The Morgan fingerprint density at radius 3 is 2.42 bits per heavy atom. The minimum atomic E-state index is -0.518. The highest BCUT2D eigenvalue weighted by Gasteiger charge is 2.07. The van der Waals surface area contributed by atoms with Crippen LogP contribution in [0.5, 0.6) is 0 Å². The van der Waals surface area contributed by atoms with Crippen LogP contribution in [0.25, 0.3) is 0 Å². The average Bonchev–Trinajstić information content (AvgIpc) is 2.35. The van der Waals surface area contributed by atoms with Gasteiger partial charge in [0.2, 0.25) is 11.8 Å². The first kappa shape index (κ1) is 17.6. The first-order valence-electron chi connectivity index (χ1n) is 6.61. The first-order chi connectivity index (χ1) is 8.95. The summed E-state index contributed by atoms with van der Waals surface area (Å²) in [6.07, 6.45) is 3.97. The predicted octanol–water partition coefficient (Wildman–Crippen LogP) is -0.0718. The van der Waals surface area contributed by atoms with Crippen LogP contribution in [0, 0.1) is 0 Å². The van der Waals surface area contributed by atoms with Crippen molar-refractivity contribution in [1.82, 2.24) is 15.5 Å². The lowest BCUT2D eigenvalue weighted by Crippen LogP contribution is -2.41. The van der Waals surface area contributed by atoms with Gasteiger partial charge in [0, 0.05) is 6.42 Å². The van der Waals surface area contributed by atoms with Gasteiger partial charge >= 0.3 is 0 Å². The smallest absolute Gasteiger partial charge is 0.239 e. The molecule has 2 amide bonds. The molecule has 0 heterocycles. The van der Waals surface area contributed by atoms with E-state index >= 15 is 0 Å². The van der Waals surface area contributed by atoms with Crippen LogP contribution in [0.1, 0.15) is 32.6 Å². The van der Waals surface area contributed by atoms with Crippen molar-refractivity contribution in [3.63, 3.8) is 0 Å². The van der Waals surface area contributed by atoms with E-state index in [2.05, 4.69) is 15.5 Å². The quantitative estimate of drug-likeness (QED) is 0.430. The Hall–Kier alpha value is -1.43. The third-order valence-corrected chi connectivity index (χ3v) is 2.55. The van der Waals surface area contributed by atoms with E-state index in [1.807, 2.05) is 14.1 Å². The molecular formula is C13H25N3O3. The second-order valence-electron chi connectivity index (χ2n) is 4.88. The van der Waals surface area contributed by atoms with E-state index in [1.54, 1.807) is 6.92 Å². The van der Waals surface area contributed by atoms with Gasteiger partial charge in [0.1, 0.15) is 6.29 Å². The van der Waals surface area contributed by atoms with Crippen molar-refractivity contribution in [3.05, 3.63) is 0 Å². The summed E-state index contributed by atoms with van der Waals surface area (Å²) in [6, 6.07) is -0.518. The lowest BCUT2D eigenvalue weighted by molar-refractivity contribution is -0.127. The Bertz CT molecular complexity index is 293. The van der Waals surface area contributed by atoms with Gasteiger partial charge in [-0.15, -0.1) is 0 Å². The van der Waals surface area contributed by atoms with Crippen LogP contribution in [-0.2, 0) is 14.4 Å². The van der Waals surface area contributed by atoms with Crippen LogP contribution >= 0.6 is 0 Å². The van der Waals surface area contributed by atoms with E-state index < -0.39 is 6.04 Å². The summed E-state index contributed by atoms with van der Waals surface area (Å²) in [7, 11) is 4.04. The number of rotatable bonds is 10. The number of carbonyl (C=O) groups excluding carboxylic acids is 3. The summed E-state index contributed by atoms with van der Waals surface area (Å²) < 4.78 is 0. The zero-order chi connectivity index (χ0) is 14.7. The normalized spacial score (nSPS) is 12.0. The number of carbonyl (C=O) groups is 3. The Kier molecular flexibility index (Phi) is 9.70. The summed E-state index contributed by atoms with van der Waals surface area (Å²) in [4.78, 5) is 35.1. The summed E-state index contributed by atoms with van der Waals surface area (Å²) in [5.41, 5.74) is 0. The van der Waals surface area contributed by atoms with Crippen LogP contribution < -0.4 is 10.6 Å². The third kappa shape index (κ3) is 11.4. The minimum absolute atomic E-state index is 0.0747. The molecule has 0 rings (SSSR count). The number of amides is 2. The Balaban J connectivity index is 3.53. The van der Waals surface area contributed by atoms with Gasteiger partial charge in [-0.1, -0.05) is 6.42 Å². The maximum atomic E-state index is 11.4. The van der Waals surface area contributed by atoms with E-state index in [1.165, 1.54) is 0 Å². The maximum Gasteiger partial charge on any atom is 0.239 e. The van der Waals surface area contributed by atoms with E-state index in [0.717, 1.165) is 25.8 Å². The maximum absolute atomic E-state index is 11.4. The fraction of sp³-hybridized carbons (Fsp3) is 0.769. The highest BCUT2D eigenvalue weighted by Crippen LogP contribution is 2.00. The molecule has 0 aromatic heterocycles. The number of nitrogens with one attached hydrogen (secondary N) is 2. The summed E-state index contributed by atoms with van der Waals surface area (Å²) >= 11 is 0. The van der Waals surface area contributed by atoms with Gasteiger partial charge in [-0.05, 0) is 40.4 Å². The summed E-state index contributed by atoms with van der Waals surface area (Å²) in [5.74, 6) is -0.473. The first-order valence-corrected chi connectivity index (χ1v) is 6.61. The van der Waals surface area contributed by atoms with Crippen molar-refractivity contribution >= 4 is 18.1 Å². The summed E-state index contributed by atoms with van der Waals surface area (Å²) in [5, 5.41) is 4.98. The van der Waals surface area contributed by atoms with Crippen LogP contribution in [0.15, 0.2) is 0 Å². The van der Waals surface area contributed by atoms with E-state index in [9.17, 15) is 14.4 Å². The number of unbranched alkanes of at least 4 members (excludes halogenated alkanes) is 2. The van der Waals surface area contributed by atoms with E-state index in [4.69, 9.17) is 0 Å². The second kappa shape index (κ2) is 10.5. The van der Waals surface area contributed by atoms with E-state index in [0.29, 0.717) is 12.7 Å². The zero-order valence-corrected chi connectivity index (χ0v) is 12.1. The number of hydrogen-bond donors (Lipinski definition) is 2. The van der Waals surface area contributed by atoms with Gasteiger partial charge in [-0.3, -0.25) is 9.59 Å². The SMILES string of the molecule is C[C@@H](C=O)NC(=O)CNC(=O)CCCCCN(C)C. The fourth-order valence-corrected chi connectivity index (χ4v) is 1.50. The molecule has 19 heavy (non-hydrogen) atoms. The largest absolute Gasteiger partial charge is 0.347 e. The Morgan fingerprint density at radius 2 is 1.84 bits per heavy atom. The van der Waals surface area contributed by atoms with Gasteiger partial charge < -0.3 is 20.3 Å². The van der Waals surface area contributed by atoms with Crippen molar-refractivity contribution in [1.29, 1.82) is 0 Å². The molecule has 0 aliphatic heterocycles. The molecule has 0 aliphatic carbocycles. The van der Waals surface area contributed by atoms with Gasteiger partial charge in [-0.25, -0.2) is 0 Å². The molecule has 0 saturated heterocycles. The van der Waals surface area contributed by atoms with E-state index in [-0.39, 0.29) is 18.4 Å². The van der Waals surface area contributed by atoms with Crippen molar-refractivity contribution in [2.24, 2.45) is 0 Å². The van der Waals surface area contributed by atoms with Gasteiger partial charge in [0.25, 0.3) is 0 Å². The predicted molar refractivity (Wildman–Crippen MR) is 73.7 cm³/mol. The topological polar surface area (TPSA) is 78.5 Å².